The lowest BCUT2D eigenvalue weighted by atomic mass is 10.1. The van der Waals surface area contributed by atoms with Gasteiger partial charge >= 0.3 is 5.97 Å². The van der Waals surface area contributed by atoms with Crippen LogP contribution in [0, 0.1) is 6.92 Å². The highest BCUT2D eigenvalue weighted by atomic mass is 16.5. The molecular formula is C19H26N2O5. The van der Waals surface area contributed by atoms with Crippen LogP contribution in [-0.2, 0) is 14.3 Å². The lowest BCUT2D eigenvalue weighted by Gasteiger charge is -2.22. The van der Waals surface area contributed by atoms with E-state index < -0.39 is 0 Å². The van der Waals surface area contributed by atoms with Crippen LogP contribution in [-0.4, -0.2) is 68.0 Å². The fourth-order valence-corrected chi connectivity index (χ4v) is 3.03. The summed E-state index contributed by atoms with van der Waals surface area (Å²) in [4.78, 5) is 39.7. The van der Waals surface area contributed by atoms with Crippen LogP contribution in [0.5, 0.6) is 5.75 Å². The van der Waals surface area contributed by atoms with Crippen LogP contribution in [0.15, 0.2) is 18.2 Å². The van der Waals surface area contributed by atoms with Gasteiger partial charge in [0.25, 0.3) is 5.91 Å². The molecule has 0 bridgehead atoms. The molecule has 1 aromatic carbocycles. The summed E-state index contributed by atoms with van der Waals surface area (Å²) in [7, 11) is 2.91. The minimum atomic E-state index is -0.389. The van der Waals surface area contributed by atoms with Crippen molar-refractivity contribution in [2.24, 2.45) is 0 Å². The summed E-state index contributed by atoms with van der Waals surface area (Å²) in [6.07, 6.45) is 0.933. The van der Waals surface area contributed by atoms with Crippen LogP contribution in [0.3, 0.4) is 0 Å². The second kappa shape index (κ2) is 9.22. The maximum Gasteiger partial charge on any atom is 0.306 e. The van der Waals surface area contributed by atoms with Crippen LogP contribution < -0.4 is 4.74 Å². The maximum absolute atomic E-state index is 12.8. The third-order valence-corrected chi connectivity index (χ3v) is 4.55. The number of aryl methyl sites for hydroxylation is 1. The maximum atomic E-state index is 12.8. The normalized spacial score (nSPS) is 14.6. The Balaban J connectivity index is 1.95. The highest BCUT2D eigenvalue weighted by Crippen LogP contribution is 2.20. The fraction of sp³-hybridized carbons (Fsp3) is 0.526. The zero-order valence-corrected chi connectivity index (χ0v) is 15.6. The summed E-state index contributed by atoms with van der Waals surface area (Å²) >= 11 is 0. The number of hydrogen-bond donors (Lipinski definition) is 0. The monoisotopic (exact) mass is 362 g/mol. The topological polar surface area (TPSA) is 76.2 Å². The minimum absolute atomic E-state index is 0.0420. The number of esters is 1. The van der Waals surface area contributed by atoms with E-state index in [9.17, 15) is 14.4 Å². The number of amides is 2. The van der Waals surface area contributed by atoms with Gasteiger partial charge in [0.1, 0.15) is 5.75 Å². The Hall–Kier alpha value is -2.57. The van der Waals surface area contributed by atoms with Gasteiger partial charge in [0.05, 0.1) is 20.6 Å². The average Bonchev–Trinajstić information content (AvgIpc) is 2.91. The first-order valence-corrected chi connectivity index (χ1v) is 8.74. The molecule has 0 aromatic heterocycles. The quantitative estimate of drug-likeness (QED) is 0.744. The molecule has 0 saturated carbocycles. The summed E-state index contributed by atoms with van der Waals surface area (Å²) < 4.78 is 9.80. The van der Waals surface area contributed by atoms with E-state index in [0.717, 1.165) is 11.3 Å². The smallest absolute Gasteiger partial charge is 0.306 e. The molecule has 2 amide bonds. The van der Waals surface area contributed by atoms with Gasteiger partial charge in [0.2, 0.25) is 5.91 Å². The Morgan fingerprint density at radius 3 is 2.35 bits per heavy atom. The van der Waals surface area contributed by atoms with Gasteiger partial charge in [-0.3, -0.25) is 14.4 Å². The molecule has 1 aromatic rings. The van der Waals surface area contributed by atoms with Crippen LogP contribution in [0.25, 0.3) is 0 Å². The van der Waals surface area contributed by atoms with Gasteiger partial charge in [0, 0.05) is 38.2 Å². The van der Waals surface area contributed by atoms with Crippen LogP contribution in [0.4, 0.5) is 0 Å². The minimum Gasteiger partial charge on any atom is -0.496 e. The largest absolute Gasteiger partial charge is 0.496 e. The number of carbonyl (C=O) groups is 3. The summed E-state index contributed by atoms with van der Waals surface area (Å²) in [5.41, 5.74) is 1.53. The zero-order chi connectivity index (χ0) is 19.1. The first-order chi connectivity index (χ1) is 12.5. The molecule has 26 heavy (non-hydrogen) atoms. The Labute approximate surface area is 153 Å². The fourth-order valence-electron chi connectivity index (χ4n) is 3.03. The van der Waals surface area contributed by atoms with Crippen LogP contribution in [0.1, 0.15) is 35.2 Å². The number of nitrogens with zero attached hydrogens (tertiary/aromatic N) is 2. The average molecular weight is 362 g/mol. The molecule has 7 heteroatoms. The van der Waals surface area contributed by atoms with Gasteiger partial charge in [-0.15, -0.1) is 0 Å². The first-order valence-electron chi connectivity index (χ1n) is 8.74. The van der Waals surface area contributed by atoms with Crippen molar-refractivity contribution in [3.63, 3.8) is 0 Å². The van der Waals surface area contributed by atoms with E-state index in [4.69, 9.17) is 4.74 Å². The van der Waals surface area contributed by atoms with Crippen molar-refractivity contribution in [1.82, 2.24) is 9.80 Å². The SMILES string of the molecule is COC(=O)CCC(=O)N1CCCN(C(=O)c2ccc(OC)c(C)c2)CC1. The molecule has 2 rings (SSSR count). The second-order valence-electron chi connectivity index (χ2n) is 6.29. The van der Waals surface area contributed by atoms with Crippen molar-refractivity contribution >= 4 is 17.8 Å². The predicted molar refractivity (Wildman–Crippen MR) is 96.1 cm³/mol. The van der Waals surface area contributed by atoms with E-state index in [1.54, 1.807) is 29.0 Å². The Morgan fingerprint density at radius 1 is 1.00 bits per heavy atom. The van der Waals surface area contributed by atoms with Gasteiger partial charge in [-0.2, -0.15) is 0 Å². The molecule has 7 nitrogen and oxygen atoms in total. The molecule has 142 valence electrons. The van der Waals surface area contributed by atoms with Crippen molar-refractivity contribution in [2.45, 2.75) is 26.2 Å². The summed E-state index contributed by atoms with van der Waals surface area (Å²) in [5.74, 6) is 0.240. The molecule has 0 atom stereocenters. The van der Waals surface area contributed by atoms with Gasteiger partial charge < -0.3 is 19.3 Å². The van der Waals surface area contributed by atoms with Gasteiger partial charge in [-0.1, -0.05) is 0 Å². The number of hydrogen-bond acceptors (Lipinski definition) is 5. The Kier molecular flexibility index (Phi) is 7.00. The molecule has 1 aliphatic heterocycles. The van der Waals surface area contributed by atoms with E-state index in [1.807, 2.05) is 13.0 Å². The second-order valence-corrected chi connectivity index (χ2v) is 6.29. The number of ether oxygens (including phenoxy) is 2. The van der Waals surface area contributed by atoms with Crippen molar-refractivity contribution in [3.8, 4) is 5.75 Å². The van der Waals surface area contributed by atoms with Crippen LogP contribution >= 0.6 is 0 Å². The Bertz CT molecular complexity index is 674. The summed E-state index contributed by atoms with van der Waals surface area (Å²) in [6.45, 7) is 4.05. The van der Waals surface area contributed by atoms with Crippen molar-refractivity contribution < 1.29 is 23.9 Å². The third kappa shape index (κ3) is 4.97. The number of methoxy groups -OCH3 is 2. The summed E-state index contributed by atoms with van der Waals surface area (Å²) in [6, 6.07) is 5.38. The molecule has 0 N–H and O–H groups in total. The summed E-state index contributed by atoms with van der Waals surface area (Å²) in [5, 5.41) is 0. The molecule has 0 radical (unpaired) electrons. The molecule has 1 aliphatic rings. The lowest BCUT2D eigenvalue weighted by Crippen LogP contribution is -2.37. The van der Waals surface area contributed by atoms with E-state index >= 15 is 0 Å². The van der Waals surface area contributed by atoms with Crippen LogP contribution in [0.2, 0.25) is 0 Å². The highest BCUT2D eigenvalue weighted by molar-refractivity contribution is 5.94. The molecule has 0 aliphatic carbocycles. The molecule has 0 spiro atoms. The first kappa shape index (κ1) is 19.8. The number of rotatable bonds is 5. The molecule has 0 unspecified atom stereocenters. The van der Waals surface area contributed by atoms with E-state index in [1.165, 1.54) is 7.11 Å². The third-order valence-electron chi connectivity index (χ3n) is 4.55. The molecule has 1 fully saturated rings. The highest BCUT2D eigenvalue weighted by Gasteiger charge is 2.23. The number of carbonyl (C=O) groups excluding carboxylic acids is 3. The molecule has 1 heterocycles. The van der Waals surface area contributed by atoms with Gasteiger partial charge in [-0.25, -0.2) is 0 Å². The van der Waals surface area contributed by atoms with E-state index in [0.29, 0.717) is 38.2 Å². The van der Waals surface area contributed by atoms with E-state index in [2.05, 4.69) is 4.74 Å². The molecule has 1 saturated heterocycles. The van der Waals surface area contributed by atoms with Gasteiger partial charge in [0.15, 0.2) is 0 Å². The zero-order valence-electron chi connectivity index (χ0n) is 15.6. The standard InChI is InChI=1S/C19H26N2O5/c1-14-13-15(5-6-16(14)25-2)19(24)21-10-4-9-20(11-12-21)17(22)7-8-18(23)26-3/h5-6,13H,4,7-12H2,1-3H3. The van der Waals surface area contributed by atoms with E-state index in [-0.39, 0.29) is 30.6 Å². The lowest BCUT2D eigenvalue weighted by molar-refractivity contribution is -0.143. The predicted octanol–water partition coefficient (Wildman–Crippen LogP) is 1.63. The Morgan fingerprint density at radius 2 is 1.69 bits per heavy atom. The van der Waals surface area contributed by atoms with Gasteiger partial charge in [-0.05, 0) is 37.1 Å². The molecular weight excluding hydrogens is 336 g/mol. The van der Waals surface area contributed by atoms with Crippen molar-refractivity contribution in [3.05, 3.63) is 29.3 Å². The number of benzene rings is 1. The van der Waals surface area contributed by atoms with Crippen molar-refractivity contribution in [1.29, 1.82) is 0 Å². The van der Waals surface area contributed by atoms with Crippen molar-refractivity contribution in [2.75, 3.05) is 40.4 Å².